The lowest BCUT2D eigenvalue weighted by atomic mass is 10.1. The monoisotopic (exact) mass is 373 g/mol. The van der Waals surface area contributed by atoms with Gasteiger partial charge >= 0.3 is 6.09 Å². The second kappa shape index (κ2) is 8.18. The van der Waals surface area contributed by atoms with Crippen molar-refractivity contribution in [3.05, 3.63) is 11.8 Å². The Morgan fingerprint density at radius 3 is 2.68 bits per heavy atom. The van der Waals surface area contributed by atoms with E-state index < -0.39 is 20.0 Å². The van der Waals surface area contributed by atoms with Gasteiger partial charge < -0.3 is 23.7 Å². The average molecular weight is 374 g/mol. The molecule has 2 rings (SSSR count). The molecule has 1 fully saturated rings. The smallest absolute Gasteiger partial charge is 0.413 e. The molecular formula is C17H31NO6Si. The molecule has 0 saturated carbocycles. The van der Waals surface area contributed by atoms with E-state index in [1.165, 1.54) is 12.0 Å². The minimum atomic E-state index is -1.10. The van der Waals surface area contributed by atoms with Crippen molar-refractivity contribution in [3.63, 3.8) is 0 Å². The number of amides is 1. The van der Waals surface area contributed by atoms with E-state index in [0.717, 1.165) is 6.04 Å². The first kappa shape index (κ1) is 20.4. The van der Waals surface area contributed by atoms with Crippen molar-refractivity contribution < 1.29 is 28.5 Å². The van der Waals surface area contributed by atoms with Crippen LogP contribution in [0.3, 0.4) is 0 Å². The van der Waals surface area contributed by atoms with Crippen molar-refractivity contribution >= 4 is 14.2 Å². The Kier molecular flexibility index (Phi) is 6.66. The van der Waals surface area contributed by atoms with Crippen molar-refractivity contribution in [2.75, 3.05) is 33.7 Å². The Morgan fingerprint density at radius 2 is 2.04 bits per heavy atom. The van der Waals surface area contributed by atoms with E-state index in [4.69, 9.17) is 23.7 Å². The molecule has 2 heterocycles. The zero-order chi connectivity index (χ0) is 18.7. The standard InChI is InChI=1S/C17H31NO6Si/c1-17(2)23-14-9-13(11-22-12-21-7-8-25(4,5)6)18(16(19)20-3)10-15(14)24-17/h9,14-15H,7-8,10-12H2,1-6H3/t14-,15+/m0/s1. The first-order chi connectivity index (χ1) is 11.6. The Labute approximate surface area is 151 Å². The van der Waals surface area contributed by atoms with E-state index in [1.807, 2.05) is 19.9 Å². The summed E-state index contributed by atoms with van der Waals surface area (Å²) in [7, 11) is 0.263. The summed E-state index contributed by atoms with van der Waals surface area (Å²) in [5.74, 6) is -0.663. The molecule has 0 bridgehead atoms. The molecule has 1 amide bonds. The van der Waals surface area contributed by atoms with Crippen LogP contribution in [0.4, 0.5) is 4.79 Å². The molecule has 1 saturated heterocycles. The Morgan fingerprint density at radius 1 is 1.32 bits per heavy atom. The number of hydrogen-bond acceptors (Lipinski definition) is 6. The van der Waals surface area contributed by atoms with Gasteiger partial charge in [0.25, 0.3) is 0 Å². The number of carbonyl (C=O) groups excluding carboxylic acids is 1. The highest BCUT2D eigenvalue weighted by molar-refractivity contribution is 6.76. The number of hydrogen-bond donors (Lipinski definition) is 0. The summed E-state index contributed by atoms with van der Waals surface area (Å²) < 4.78 is 27.7. The molecule has 25 heavy (non-hydrogen) atoms. The molecule has 2 aliphatic heterocycles. The van der Waals surface area contributed by atoms with Crippen LogP contribution in [-0.4, -0.2) is 70.7 Å². The largest absolute Gasteiger partial charge is 0.452 e. The zero-order valence-corrected chi connectivity index (χ0v) is 17.2. The molecule has 0 aromatic rings. The van der Waals surface area contributed by atoms with E-state index >= 15 is 0 Å². The third kappa shape index (κ3) is 6.07. The van der Waals surface area contributed by atoms with Gasteiger partial charge in [0.2, 0.25) is 0 Å². The molecule has 2 aliphatic rings. The maximum absolute atomic E-state index is 12.1. The Bertz CT molecular complexity index is 502. The van der Waals surface area contributed by atoms with Crippen molar-refractivity contribution in [2.24, 2.45) is 0 Å². The molecule has 0 aliphatic carbocycles. The van der Waals surface area contributed by atoms with Gasteiger partial charge in [-0.2, -0.15) is 0 Å². The third-order valence-electron chi connectivity index (χ3n) is 4.10. The lowest BCUT2D eigenvalue weighted by molar-refractivity contribution is -0.143. The van der Waals surface area contributed by atoms with Gasteiger partial charge in [-0.25, -0.2) is 4.79 Å². The molecule has 0 spiro atoms. The summed E-state index contributed by atoms with van der Waals surface area (Å²) in [6.07, 6.45) is 1.05. The highest BCUT2D eigenvalue weighted by Crippen LogP contribution is 2.33. The lowest BCUT2D eigenvalue weighted by Crippen LogP contribution is -2.45. The van der Waals surface area contributed by atoms with Crippen molar-refractivity contribution in [3.8, 4) is 0 Å². The fourth-order valence-electron chi connectivity index (χ4n) is 2.79. The van der Waals surface area contributed by atoms with E-state index in [2.05, 4.69) is 19.6 Å². The second-order valence-electron chi connectivity index (χ2n) is 8.06. The number of nitrogens with zero attached hydrogens (tertiary/aromatic N) is 1. The van der Waals surface area contributed by atoms with Gasteiger partial charge in [-0.15, -0.1) is 0 Å². The number of ether oxygens (including phenoxy) is 5. The first-order valence-corrected chi connectivity index (χ1v) is 12.4. The molecule has 0 aromatic heterocycles. The van der Waals surface area contributed by atoms with Crippen LogP contribution in [0.1, 0.15) is 13.8 Å². The van der Waals surface area contributed by atoms with Crippen LogP contribution < -0.4 is 0 Å². The van der Waals surface area contributed by atoms with Gasteiger partial charge in [-0.1, -0.05) is 19.6 Å². The predicted molar refractivity (Wildman–Crippen MR) is 95.9 cm³/mol. The SMILES string of the molecule is COC(=O)N1C[C@H]2OC(C)(C)O[C@H]2C=C1COCOCC[Si](C)(C)C. The molecule has 144 valence electrons. The van der Waals surface area contributed by atoms with Crippen molar-refractivity contribution in [1.82, 2.24) is 4.90 Å². The van der Waals surface area contributed by atoms with Crippen LogP contribution in [0.25, 0.3) is 0 Å². The molecule has 0 aromatic carbocycles. The number of carbonyl (C=O) groups is 1. The maximum atomic E-state index is 12.1. The Balaban J connectivity index is 1.88. The average Bonchev–Trinajstić information content (AvgIpc) is 2.80. The van der Waals surface area contributed by atoms with Crippen LogP contribution in [0.2, 0.25) is 25.7 Å². The quantitative estimate of drug-likeness (QED) is 0.388. The van der Waals surface area contributed by atoms with Gasteiger partial charge in [-0.3, -0.25) is 4.90 Å². The fourth-order valence-corrected chi connectivity index (χ4v) is 3.55. The van der Waals surface area contributed by atoms with Gasteiger partial charge in [0.1, 0.15) is 19.0 Å². The number of fused-ring (bicyclic) bond motifs is 1. The molecule has 7 nitrogen and oxygen atoms in total. The van der Waals surface area contributed by atoms with Crippen LogP contribution in [0.5, 0.6) is 0 Å². The van der Waals surface area contributed by atoms with Crippen LogP contribution in [0.15, 0.2) is 11.8 Å². The molecule has 0 radical (unpaired) electrons. The molecule has 0 unspecified atom stereocenters. The van der Waals surface area contributed by atoms with Crippen LogP contribution in [0, 0.1) is 0 Å². The summed E-state index contributed by atoms with van der Waals surface area (Å²) in [6.45, 7) is 12.2. The fraction of sp³-hybridized carbons (Fsp3) is 0.824. The highest BCUT2D eigenvalue weighted by Gasteiger charge is 2.45. The van der Waals surface area contributed by atoms with Gasteiger partial charge in [0.05, 0.1) is 20.3 Å². The van der Waals surface area contributed by atoms with Gasteiger partial charge in [-0.05, 0) is 26.0 Å². The lowest BCUT2D eigenvalue weighted by Gasteiger charge is -2.32. The van der Waals surface area contributed by atoms with Crippen molar-refractivity contribution in [1.29, 1.82) is 0 Å². The normalized spacial score (nSPS) is 25.5. The molecule has 2 atom stereocenters. The minimum absolute atomic E-state index is 0.192. The predicted octanol–water partition coefficient (Wildman–Crippen LogP) is 2.80. The number of methoxy groups -OCH3 is 1. The van der Waals surface area contributed by atoms with Crippen LogP contribution in [-0.2, 0) is 23.7 Å². The van der Waals surface area contributed by atoms with E-state index in [1.54, 1.807) is 0 Å². The van der Waals surface area contributed by atoms with E-state index in [0.29, 0.717) is 18.8 Å². The second-order valence-corrected chi connectivity index (χ2v) is 13.7. The van der Waals surface area contributed by atoms with Crippen molar-refractivity contribution in [2.45, 2.75) is 57.5 Å². The van der Waals surface area contributed by atoms with Gasteiger partial charge in [0.15, 0.2) is 5.79 Å². The third-order valence-corrected chi connectivity index (χ3v) is 5.80. The Hall–Kier alpha value is -0.933. The minimum Gasteiger partial charge on any atom is -0.452 e. The summed E-state index contributed by atoms with van der Waals surface area (Å²) in [5, 5.41) is 0. The summed E-state index contributed by atoms with van der Waals surface area (Å²) in [4.78, 5) is 13.6. The maximum Gasteiger partial charge on any atom is 0.413 e. The summed E-state index contributed by atoms with van der Waals surface area (Å²) in [5.41, 5.74) is 0.711. The highest BCUT2D eigenvalue weighted by atomic mass is 28.3. The van der Waals surface area contributed by atoms with Crippen LogP contribution >= 0.6 is 0 Å². The molecule has 8 heteroatoms. The number of rotatable bonds is 7. The topological polar surface area (TPSA) is 66.5 Å². The molecular weight excluding hydrogens is 342 g/mol. The van der Waals surface area contributed by atoms with E-state index in [9.17, 15) is 4.79 Å². The summed E-state index contributed by atoms with van der Waals surface area (Å²) >= 11 is 0. The van der Waals surface area contributed by atoms with E-state index in [-0.39, 0.29) is 25.6 Å². The zero-order valence-electron chi connectivity index (χ0n) is 16.2. The summed E-state index contributed by atoms with van der Waals surface area (Å²) in [6, 6.07) is 1.09. The first-order valence-electron chi connectivity index (χ1n) is 8.68. The molecule has 0 N–H and O–H groups in total. The van der Waals surface area contributed by atoms with Gasteiger partial charge in [0, 0.05) is 20.4 Å².